The van der Waals surface area contributed by atoms with Crippen molar-refractivity contribution in [2.75, 3.05) is 4.90 Å². The average molecular weight is 740 g/mol. The van der Waals surface area contributed by atoms with Gasteiger partial charge in [-0.3, -0.25) is 0 Å². The fourth-order valence-electron chi connectivity index (χ4n) is 8.71. The summed E-state index contributed by atoms with van der Waals surface area (Å²) in [5.74, 6) is 0. The van der Waals surface area contributed by atoms with Gasteiger partial charge in [-0.15, -0.1) is 0 Å². The van der Waals surface area contributed by atoms with Gasteiger partial charge in [-0.1, -0.05) is 176 Å². The van der Waals surface area contributed by atoms with Gasteiger partial charge in [0.25, 0.3) is 0 Å². The van der Waals surface area contributed by atoms with Crippen LogP contribution in [0.5, 0.6) is 0 Å². The van der Waals surface area contributed by atoms with E-state index in [0.717, 1.165) is 50.1 Å². The van der Waals surface area contributed by atoms with Crippen LogP contribution in [-0.4, -0.2) is 0 Å². The number of para-hydroxylation sites is 1. The van der Waals surface area contributed by atoms with Crippen molar-refractivity contribution in [3.05, 3.63) is 224 Å². The highest BCUT2D eigenvalue weighted by Crippen LogP contribution is 2.48. The van der Waals surface area contributed by atoms with Gasteiger partial charge in [0.2, 0.25) is 0 Å². The first-order valence-electron chi connectivity index (χ1n) is 19.8. The molecule has 11 rings (SSSR count). The van der Waals surface area contributed by atoms with Gasteiger partial charge in [-0.05, 0) is 109 Å². The summed E-state index contributed by atoms with van der Waals surface area (Å²) in [5, 5.41) is 7.20. The summed E-state index contributed by atoms with van der Waals surface area (Å²) in [6.45, 7) is 0. The third-order valence-corrected chi connectivity index (χ3v) is 11.5. The van der Waals surface area contributed by atoms with E-state index in [1.807, 2.05) is 12.1 Å². The van der Waals surface area contributed by atoms with Crippen LogP contribution in [0.2, 0.25) is 0 Å². The van der Waals surface area contributed by atoms with Gasteiger partial charge in [-0.25, -0.2) is 0 Å². The molecule has 0 saturated carbocycles. The number of fused-ring (bicyclic) bond motifs is 6. The second-order valence-electron chi connectivity index (χ2n) is 14.9. The molecular weight excluding hydrogens is 703 g/mol. The molecule has 0 unspecified atom stereocenters. The third kappa shape index (κ3) is 5.82. The fraction of sp³-hybridized carbons (Fsp3) is 0. The van der Waals surface area contributed by atoms with Crippen LogP contribution in [0.4, 0.5) is 17.1 Å². The van der Waals surface area contributed by atoms with Crippen molar-refractivity contribution in [1.82, 2.24) is 0 Å². The molecule has 10 aromatic carbocycles. The maximum Gasteiger partial charge on any atom is 0.135 e. The summed E-state index contributed by atoms with van der Waals surface area (Å²) in [6, 6.07) is 80.9. The van der Waals surface area contributed by atoms with Crippen molar-refractivity contribution in [2.45, 2.75) is 0 Å². The Balaban J connectivity index is 1.14. The smallest absolute Gasteiger partial charge is 0.135 e. The summed E-state index contributed by atoms with van der Waals surface area (Å²) in [6.07, 6.45) is 0. The number of hydrogen-bond acceptors (Lipinski definition) is 2. The molecule has 2 nitrogen and oxygen atoms in total. The van der Waals surface area contributed by atoms with E-state index in [-0.39, 0.29) is 0 Å². The summed E-state index contributed by atoms with van der Waals surface area (Å²) < 4.78 is 6.17. The summed E-state index contributed by atoms with van der Waals surface area (Å²) in [5.41, 5.74) is 14.4. The van der Waals surface area contributed by atoms with Crippen molar-refractivity contribution >= 4 is 60.5 Å². The summed E-state index contributed by atoms with van der Waals surface area (Å²) in [7, 11) is 0. The number of rotatable bonds is 7. The van der Waals surface area contributed by atoms with E-state index in [1.54, 1.807) is 0 Å². The minimum Gasteiger partial charge on any atom is -0.456 e. The normalized spacial score (nSPS) is 11.4. The lowest BCUT2D eigenvalue weighted by Crippen LogP contribution is -2.12. The minimum absolute atomic E-state index is 0.901. The topological polar surface area (TPSA) is 16.4 Å². The number of anilines is 3. The highest BCUT2D eigenvalue weighted by Gasteiger charge is 2.23. The maximum absolute atomic E-state index is 6.17. The Bertz CT molecular complexity index is 3270. The molecule has 11 aromatic rings. The van der Waals surface area contributed by atoms with E-state index in [2.05, 4.69) is 217 Å². The van der Waals surface area contributed by atoms with Gasteiger partial charge < -0.3 is 9.32 Å². The summed E-state index contributed by atoms with van der Waals surface area (Å²) in [4.78, 5) is 2.44. The molecule has 2 heteroatoms. The van der Waals surface area contributed by atoms with Crippen LogP contribution in [-0.2, 0) is 0 Å². The van der Waals surface area contributed by atoms with Crippen molar-refractivity contribution < 1.29 is 4.42 Å². The molecule has 272 valence electrons. The largest absolute Gasteiger partial charge is 0.456 e. The Hall–Kier alpha value is -7.68. The third-order valence-electron chi connectivity index (χ3n) is 11.5. The van der Waals surface area contributed by atoms with Crippen LogP contribution in [0.3, 0.4) is 0 Å². The lowest BCUT2D eigenvalue weighted by molar-refractivity contribution is 0.669. The Morgan fingerprint density at radius 1 is 0.293 bits per heavy atom. The van der Waals surface area contributed by atoms with Crippen molar-refractivity contribution in [2.24, 2.45) is 0 Å². The van der Waals surface area contributed by atoms with Crippen LogP contribution >= 0.6 is 0 Å². The molecule has 0 aliphatic heterocycles. The van der Waals surface area contributed by atoms with Gasteiger partial charge in [0.15, 0.2) is 0 Å². The minimum atomic E-state index is 0.901. The van der Waals surface area contributed by atoms with Crippen molar-refractivity contribution in [3.63, 3.8) is 0 Å². The lowest BCUT2D eigenvalue weighted by atomic mass is 9.87. The average Bonchev–Trinajstić information content (AvgIpc) is 3.68. The molecular formula is C56H37NO. The standard InChI is InChI=1S/C56H37NO/c1-3-14-39(15-4-1)47-20-9-10-22-51(47)56-49(40-16-5-2-6-17-40)23-13-24-53(56)57(45-33-34-48-43(36-45)27-26-41-18-7-8-19-46(41)48)44-31-28-38(29-32-44)42-30-35-55-52(37-42)50-21-11-12-25-54(50)58-55/h1-37H. The number of hydrogen-bond donors (Lipinski definition) is 0. The van der Waals surface area contributed by atoms with Crippen molar-refractivity contribution in [1.29, 1.82) is 0 Å². The Kier molecular flexibility index (Phi) is 8.19. The van der Waals surface area contributed by atoms with Gasteiger partial charge in [0.1, 0.15) is 11.2 Å². The number of nitrogens with zero attached hydrogens (tertiary/aromatic N) is 1. The molecule has 0 bridgehead atoms. The van der Waals surface area contributed by atoms with Crippen molar-refractivity contribution in [3.8, 4) is 44.5 Å². The second-order valence-corrected chi connectivity index (χ2v) is 14.9. The molecule has 0 radical (unpaired) electrons. The molecule has 0 aliphatic carbocycles. The molecule has 0 amide bonds. The highest BCUT2D eigenvalue weighted by atomic mass is 16.3. The van der Waals surface area contributed by atoms with Gasteiger partial charge in [-0.2, -0.15) is 0 Å². The van der Waals surface area contributed by atoms with E-state index >= 15 is 0 Å². The summed E-state index contributed by atoms with van der Waals surface area (Å²) >= 11 is 0. The van der Waals surface area contributed by atoms with Crippen LogP contribution in [0.1, 0.15) is 0 Å². The van der Waals surface area contributed by atoms with Gasteiger partial charge >= 0.3 is 0 Å². The van der Waals surface area contributed by atoms with Crippen LogP contribution in [0, 0.1) is 0 Å². The van der Waals surface area contributed by atoms with Gasteiger partial charge in [0, 0.05) is 27.7 Å². The molecule has 0 saturated heterocycles. The predicted octanol–water partition coefficient (Wildman–Crippen LogP) is 16.0. The monoisotopic (exact) mass is 739 g/mol. The zero-order valence-electron chi connectivity index (χ0n) is 31.7. The Morgan fingerprint density at radius 2 is 0.879 bits per heavy atom. The molecule has 0 N–H and O–H groups in total. The Morgan fingerprint density at radius 3 is 1.69 bits per heavy atom. The van der Waals surface area contributed by atoms with E-state index < -0.39 is 0 Å². The molecule has 0 atom stereocenters. The van der Waals surface area contributed by atoms with E-state index in [4.69, 9.17) is 4.42 Å². The molecule has 0 fully saturated rings. The van der Waals surface area contributed by atoms with E-state index in [0.29, 0.717) is 0 Å². The SMILES string of the molecule is c1ccc(-c2ccccc2-c2c(-c3ccccc3)cccc2N(c2ccc(-c3ccc4oc5ccccc5c4c3)cc2)c2ccc3c(ccc4ccccc43)c2)cc1. The van der Waals surface area contributed by atoms with Crippen LogP contribution in [0.15, 0.2) is 229 Å². The zero-order valence-corrected chi connectivity index (χ0v) is 31.7. The van der Waals surface area contributed by atoms with Crippen LogP contribution in [0.25, 0.3) is 88.0 Å². The number of benzene rings is 10. The van der Waals surface area contributed by atoms with Gasteiger partial charge in [0.05, 0.1) is 5.69 Å². The first kappa shape index (κ1) is 33.6. The quantitative estimate of drug-likeness (QED) is 0.151. The second kappa shape index (κ2) is 14.1. The molecule has 0 spiro atoms. The first-order chi connectivity index (χ1) is 28.8. The fourth-order valence-corrected chi connectivity index (χ4v) is 8.71. The molecule has 1 aromatic heterocycles. The molecule has 0 aliphatic rings. The Labute approximate surface area is 337 Å². The van der Waals surface area contributed by atoms with Crippen LogP contribution < -0.4 is 4.90 Å². The lowest BCUT2D eigenvalue weighted by Gasteiger charge is -2.30. The van der Waals surface area contributed by atoms with E-state index in [9.17, 15) is 0 Å². The first-order valence-corrected chi connectivity index (χ1v) is 19.8. The maximum atomic E-state index is 6.17. The zero-order chi connectivity index (χ0) is 38.4. The number of furan rings is 1. The molecule has 58 heavy (non-hydrogen) atoms. The molecule has 1 heterocycles. The highest BCUT2D eigenvalue weighted by molar-refractivity contribution is 6.10. The predicted molar refractivity (Wildman–Crippen MR) is 245 cm³/mol. The van der Waals surface area contributed by atoms with E-state index in [1.165, 1.54) is 54.9 Å².